The van der Waals surface area contributed by atoms with E-state index in [1.165, 1.54) is 17.8 Å². The van der Waals surface area contributed by atoms with Crippen molar-refractivity contribution in [2.75, 3.05) is 12.3 Å². The third kappa shape index (κ3) is 5.82. The number of nitrogens with two attached hydrogens (primary N) is 1. The summed E-state index contributed by atoms with van der Waals surface area (Å²) in [5.41, 5.74) is 5.04. The number of thioether (sulfide) groups is 1. The summed E-state index contributed by atoms with van der Waals surface area (Å²) in [4.78, 5) is 3.82. The van der Waals surface area contributed by atoms with E-state index in [-0.39, 0.29) is 5.41 Å². The number of nitrogens with zero attached hydrogens (tertiary/aromatic N) is 1. The van der Waals surface area contributed by atoms with Crippen LogP contribution in [0.3, 0.4) is 0 Å². The van der Waals surface area contributed by atoms with E-state index in [2.05, 4.69) is 18.8 Å². The summed E-state index contributed by atoms with van der Waals surface area (Å²) in [5, 5.41) is 0.624. The van der Waals surface area contributed by atoms with Gasteiger partial charge in [0.2, 0.25) is 0 Å². The Morgan fingerprint density at radius 2 is 1.95 bits per heavy atom. The molecule has 0 aliphatic heterocycles. The molecule has 1 aromatic heterocycles. The summed E-state index contributed by atoms with van der Waals surface area (Å²) in [7, 11) is 0. The van der Waals surface area contributed by atoms with Crippen LogP contribution in [-0.4, -0.2) is 17.3 Å². The van der Waals surface area contributed by atoms with Crippen LogP contribution in [0.15, 0.2) is 23.4 Å². The van der Waals surface area contributed by atoms with Crippen molar-refractivity contribution in [2.45, 2.75) is 37.9 Å². The maximum Gasteiger partial charge on any atom is 0.417 e. The first kappa shape index (κ1) is 16.3. The van der Waals surface area contributed by atoms with Crippen LogP contribution in [0, 0.1) is 5.41 Å². The lowest BCUT2D eigenvalue weighted by Gasteiger charge is -2.21. The maximum atomic E-state index is 12.3. The third-order valence-corrected chi connectivity index (χ3v) is 3.89. The highest BCUT2D eigenvalue weighted by molar-refractivity contribution is 7.99. The summed E-state index contributed by atoms with van der Waals surface area (Å²) in [6.45, 7) is 4.85. The predicted octanol–water partition coefficient (Wildman–Crippen LogP) is 3.96. The lowest BCUT2D eigenvalue weighted by molar-refractivity contribution is -0.137. The van der Waals surface area contributed by atoms with Gasteiger partial charge in [0.1, 0.15) is 0 Å². The molecule has 2 N–H and O–H groups in total. The molecule has 108 valence electrons. The van der Waals surface area contributed by atoms with Gasteiger partial charge in [0.15, 0.2) is 0 Å². The molecule has 0 aliphatic rings. The van der Waals surface area contributed by atoms with E-state index in [1.54, 1.807) is 0 Å². The molecule has 0 radical (unpaired) electrons. The molecule has 0 atom stereocenters. The molecule has 0 spiro atoms. The molecule has 0 amide bonds. The predicted molar refractivity (Wildman–Crippen MR) is 72.0 cm³/mol. The molecule has 0 saturated carbocycles. The summed E-state index contributed by atoms with van der Waals surface area (Å²) < 4.78 is 37.0. The number of pyridine rings is 1. The highest BCUT2D eigenvalue weighted by atomic mass is 32.2. The molecule has 1 rings (SSSR count). The Kier molecular flexibility index (Phi) is 5.67. The van der Waals surface area contributed by atoms with Gasteiger partial charge in [-0.25, -0.2) is 4.98 Å². The summed E-state index contributed by atoms with van der Waals surface area (Å²) in [6, 6.07) is 2.49. The smallest absolute Gasteiger partial charge is 0.330 e. The molecule has 0 aromatic carbocycles. The fraction of sp³-hybridized carbons (Fsp3) is 0.615. The molecule has 0 saturated heterocycles. The molecule has 0 aliphatic carbocycles. The average molecular weight is 292 g/mol. The third-order valence-electron chi connectivity index (χ3n) is 2.86. The van der Waals surface area contributed by atoms with Gasteiger partial charge in [0.05, 0.1) is 10.6 Å². The minimum Gasteiger partial charge on any atom is -0.330 e. The molecule has 0 fully saturated rings. The van der Waals surface area contributed by atoms with E-state index in [1.807, 2.05) is 0 Å². The fourth-order valence-corrected chi connectivity index (χ4v) is 2.25. The van der Waals surface area contributed by atoms with Crippen molar-refractivity contribution in [1.29, 1.82) is 0 Å². The monoisotopic (exact) mass is 292 g/mol. The molecule has 0 unspecified atom stereocenters. The van der Waals surface area contributed by atoms with Crippen LogP contribution in [0.1, 0.15) is 32.3 Å². The van der Waals surface area contributed by atoms with Gasteiger partial charge >= 0.3 is 6.18 Å². The first-order chi connectivity index (χ1) is 8.74. The van der Waals surface area contributed by atoms with Crippen molar-refractivity contribution in [2.24, 2.45) is 11.1 Å². The van der Waals surface area contributed by atoms with Crippen molar-refractivity contribution in [1.82, 2.24) is 4.98 Å². The number of hydrogen-bond acceptors (Lipinski definition) is 3. The molecule has 6 heteroatoms. The standard InChI is InChI=1S/C13H19F3N2S/c1-12(2,9-17)6-3-7-19-11-5-4-10(8-18-11)13(14,15)16/h4-5,8H,3,6-7,9,17H2,1-2H3. The number of halogens is 3. The molecule has 1 aromatic rings. The second-order valence-electron chi connectivity index (χ2n) is 5.20. The number of aromatic nitrogens is 1. The van der Waals surface area contributed by atoms with Gasteiger partial charge in [-0.3, -0.25) is 0 Å². The van der Waals surface area contributed by atoms with Gasteiger partial charge in [0.25, 0.3) is 0 Å². The highest BCUT2D eigenvalue weighted by Gasteiger charge is 2.30. The van der Waals surface area contributed by atoms with Crippen LogP contribution in [0.5, 0.6) is 0 Å². The highest BCUT2D eigenvalue weighted by Crippen LogP contribution is 2.30. The van der Waals surface area contributed by atoms with Gasteiger partial charge in [-0.15, -0.1) is 11.8 Å². The van der Waals surface area contributed by atoms with Gasteiger partial charge < -0.3 is 5.73 Å². The molecule has 19 heavy (non-hydrogen) atoms. The maximum absolute atomic E-state index is 12.3. The molecular weight excluding hydrogens is 273 g/mol. The topological polar surface area (TPSA) is 38.9 Å². The minimum atomic E-state index is -4.32. The number of hydrogen-bond donors (Lipinski definition) is 1. The van der Waals surface area contributed by atoms with Gasteiger partial charge in [0, 0.05) is 6.20 Å². The number of rotatable bonds is 6. The Morgan fingerprint density at radius 3 is 2.42 bits per heavy atom. The van der Waals surface area contributed by atoms with Crippen molar-refractivity contribution >= 4 is 11.8 Å². The van der Waals surface area contributed by atoms with Crippen LogP contribution < -0.4 is 5.73 Å². The van der Waals surface area contributed by atoms with Crippen LogP contribution in [0.2, 0.25) is 0 Å². The Balaban J connectivity index is 2.39. The molecule has 0 bridgehead atoms. The largest absolute Gasteiger partial charge is 0.417 e. The van der Waals surface area contributed by atoms with Crippen LogP contribution in [-0.2, 0) is 6.18 Å². The zero-order chi connectivity index (χ0) is 14.5. The van der Waals surface area contributed by atoms with Crippen molar-refractivity contribution < 1.29 is 13.2 Å². The SMILES string of the molecule is CC(C)(CN)CCCSc1ccc(C(F)(F)F)cn1. The summed E-state index contributed by atoms with van der Waals surface area (Å²) in [5.74, 6) is 0.835. The summed E-state index contributed by atoms with van der Waals surface area (Å²) in [6.07, 6.45) is -1.47. The second kappa shape index (κ2) is 6.61. The van der Waals surface area contributed by atoms with Crippen molar-refractivity contribution in [3.05, 3.63) is 23.9 Å². The quantitative estimate of drug-likeness (QED) is 0.637. The second-order valence-corrected chi connectivity index (χ2v) is 6.32. The Bertz CT molecular complexity index is 388. The zero-order valence-electron chi connectivity index (χ0n) is 11.1. The van der Waals surface area contributed by atoms with Crippen LogP contribution in [0.4, 0.5) is 13.2 Å². The normalized spacial score (nSPS) is 12.7. The van der Waals surface area contributed by atoms with E-state index < -0.39 is 11.7 Å². The Labute approximate surface area is 116 Å². The van der Waals surface area contributed by atoms with E-state index >= 15 is 0 Å². The van der Waals surface area contributed by atoms with Crippen LogP contribution >= 0.6 is 11.8 Å². The molecule has 2 nitrogen and oxygen atoms in total. The van der Waals surface area contributed by atoms with Crippen LogP contribution in [0.25, 0.3) is 0 Å². The van der Waals surface area contributed by atoms with E-state index in [4.69, 9.17) is 5.73 Å². The van der Waals surface area contributed by atoms with Gasteiger partial charge in [-0.05, 0) is 42.7 Å². The molecular formula is C13H19F3N2S. The van der Waals surface area contributed by atoms with E-state index in [0.29, 0.717) is 11.6 Å². The number of alkyl halides is 3. The van der Waals surface area contributed by atoms with Crippen molar-refractivity contribution in [3.8, 4) is 0 Å². The first-order valence-electron chi connectivity index (χ1n) is 6.11. The van der Waals surface area contributed by atoms with Gasteiger partial charge in [-0.1, -0.05) is 13.8 Å². The minimum absolute atomic E-state index is 0.119. The van der Waals surface area contributed by atoms with E-state index in [0.717, 1.165) is 30.9 Å². The lowest BCUT2D eigenvalue weighted by atomic mass is 9.88. The first-order valence-corrected chi connectivity index (χ1v) is 7.09. The van der Waals surface area contributed by atoms with Gasteiger partial charge in [-0.2, -0.15) is 13.2 Å². The Hall–Kier alpha value is -0.750. The lowest BCUT2D eigenvalue weighted by Crippen LogP contribution is -2.23. The zero-order valence-corrected chi connectivity index (χ0v) is 11.9. The summed E-state index contributed by atoms with van der Waals surface area (Å²) >= 11 is 1.47. The van der Waals surface area contributed by atoms with E-state index in [9.17, 15) is 13.2 Å². The van der Waals surface area contributed by atoms with Crippen molar-refractivity contribution in [3.63, 3.8) is 0 Å². The molecule has 1 heterocycles. The Morgan fingerprint density at radius 1 is 1.26 bits per heavy atom. The fourth-order valence-electron chi connectivity index (χ4n) is 1.46. The average Bonchev–Trinajstić information content (AvgIpc) is 2.34.